The second-order valence-corrected chi connectivity index (χ2v) is 10.4. The number of rotatable bonds is 4. The molecule has 1 aliphatic heterocycles. The molecule has 0 saturated carbocycles. The van der Waals surface area contributed by atoms with Gasteiger partial charge < -0.3 is 4.74 Å². The van der Waals surface area contributed by atoms with Crippen LogP contribution in [-0.4, -0.2) is 56.6 Å². The summed E-state index contributed by atoms with van der Waals surface area (Å²) in [5.41, 5.74) is -0.716. The van der Waals surface area contributed by atoms with Gasteiger partial charge in [0.2, 0.25) is 10.0 Å². The van der Waals surface area contributed by atoms with Gasteiger partial charge in [-0.2, -0.15) is 4.31 Å². The first-order chi connectivity index (χ1) is 8.82. The second kappa shape index (κ2) is 5.61. The maximum absolute atomic E-state index is 12.1. The van der Waals surface area contributed by atoms with Crippen molar-refractivity contribution in [3.63, 3.8) is 0 Å². The van der Waals surface area contributed by atoms with Gasteiger partial charge in [-0.25, -0.2) is 16.8 Å². The largest absolute Gasteiger partial charge is 0.459 e. The summed E-state index contributed by atoms with van der Waals surface area (Å²) >= 11 is 0. The molecule has 1 rings (SSSR count). The van der Waals surface area contributed by atoms with Gasteiger partial charge in [0.15, 0.2) is 14.9 Å². The van der Waals surface area contributed by atoms with E-state index in [0.717, 1.165) is 10.6 Å². The van der Waals surface area contributed by atoms with E-state index in [9.17, 15) is 21.6 Å². The lowest BCUT2D eigenvalue weighted by molar-refractivity contribution is -0.158. The minimum atomic E-state index is -4.02. The molecule has 1 fully saturated rings. The average Bonchev–Trinajstić information content (AvgIpc) is 2.58. The Kier molecular flexibility index (Phi) is 4.87. The van der Waals surface area contributed by atoms with E-state index in [0.29, 0.717) is 12.8 Å². The molecular weight excluding hydrogens is 306 g/mol. The molecule has 7 nitrogen and oxygen atoms in total. The summed E-state index contributed by atoms with van der Waals surface area (Å²) in [6.07, 6.45) is 1.70. The van der Waals surface area contributed by atoms with Gasteiger partial charge in [-0.05, 0) is 33.6 Å². The summed E-state index contributed by atoms with van der Waals surface area (Å²) in [7, 11) is -7.71. The molecule has 0 bridgehead atoms. The summed E-state index contributed by atoms with van der Waals surface area (Å²) in [5.74, 6) is -0.632. The van der Waals surface area contributed by atoms with Crippen molar-refractivity contribution < 1.29 is 26.4 Å². The number of hydrogen-bond donors (Lipinski definition) is 0. The van der Waals surface area contributed by atoms with Crippen LogP contribution in [0.2, 0.25) is 0 Å². The highest BCUT2D eigenvalue weighted by atomic mass is 32.3. The highest BCUT2D eigenvalue weighted by Gasteiger charge is 2.41. The Balaban J connectivity index is 2.93. The monoisotopic (exact) mass is 327 g/mol. The number of sulfone groups is 1. The van der Waals surface area contributed by atoms with E-state index in [1.54, 1.807) is 20.8 Å². The molecule has 1 atom stereocenters. The maximum atomic E-state index is 12.1. The normalized spacial score (nSPS) is 21.9. The van der Waals surface area contributed by atoms with Crippen molar-refractivity contribution in [2.75, 3.05) is 17.9 Å². The number of nitrogens with zero attached hydrogens (tertiary/aromatic N) is 1. The smallest absolute Gasteiger partial charge is 0.324 e. The fourth-order valence-electron chi connectivity index (χ4n) is 2.02. The molecule has 0 unspecified atom stereocenters. The van der Waals surface area contributed by atoms with E-state index >= 15 is 0 Å². The molecule has 0 amide bonds. The van der Waals surface area contributed by atoms with E-state index < -0.39 is 42.6 Å². The summed E-state index contributed by atoms with van der Waals surface area (Å²) in [4.78, 5) is 12.0. The van der Waals surface area contributed by atoms with Crippen molar-refractivity contribution in [2.45, 2.75) is 45.3 Å². The fraction of sp³-hybridized carbons (Fsp3) is 0.909. The van der Waals surface area contributed by atoms with Crippen LogP contribution in [0.25, 0.3) is 0 Å². The van der Waals surface area contributed by atoms with Crippen molar-refractivity contribution in [3.05, 3.63) is 0 Å². The topological polar surface area (TPSA) is 97.8 Å². The molecule has 0 radical (unpaired) electrons. The van der Waals surface area contributed by atoms with Crippen LogP contribution < -0.4 is 0 Å². The number of carbonyl (C=O) groups excluding carboxylic acids is 1. The summed E-state index contributed by atoms with van der Waals surface area (Å²) < 4.78 is 52.6. The predicted molar refractivity (Wildman–Crippen MR) is 74.2 cm³/mol. The molecule has 118 valence electrons. The van der Waals surface area contributed by atoms with E-state index in [1.807, 2.05) is 0 Å². The van der Waals surface area contributed by atoms with E-state index in [4.69, 9.17) is 4.74 Å². The Morgan fingerprint density at radius 1 is 1.25 bits per heavy atom. The lowest BCUT2D eigenvalue weighted by Crippen LogP contribution is -2.45. The van der Waals surface area contributed by atoms with Crippen molar-refractivity contribution in [3.8, 4) is 0 Å². The second-order valence-electron chi connectivity index (χ2n) is 5.96. The zero-order valence-electron chi connectivity index (χ0n) is 12.1. The van der Waals surface area contributed by atoms with Crippen molar-refractivity contribution in [1.29, 1.82) is 0 Å². The first-order valence-corrected chi connectivity index (χ1v) is 9.89. The Morgan fingerprint density at radius 3 is 2.25 bits per heavy atom. The standard InChI is InChI=1S/C11H21NO6S2/c1-11(2,3)18-10(13)9-6-5-7-12(9)20(16,17)8-19(4,14)15/h9H,5-8H2,1-4H3/t9-/m0/s1. The van der Waals surface area contributed by atoms with E-state index in [1.165, 1.54) is 0 Å². The maximum Gasteiger partial charge on any atom is 0.324 e. The Labute approximate surface area is 120 Å². The molecule has 1 saturated heterocycles. The van der Waals surface area contributed by atoms with Gasteiger partial charge in [-0.1, -0.05) is 0 Å². The van der Waals surface area contributed by atoms with Gasteiger partial charge in [-0.15, -0.1) is 0 Å². The molecule has 9 heteroatoms. The number of hydrogen-bond acceptors (Lipinski definition) is 6. The van der Waals surface area contributed by atoms with Crippen LogP contribution in [0, 0.1) is 0 Å². The van der Waals surface area contributed by atoms with Crippen LogP contribution in [-0.2, 0) is 29.4 Å². The van der Waals surface area contributed by atoms with Gasteiger partial charge in [0.1, 0.15) is 11.6 Å². The fourth-order valence-corrected chi connectivity index (χ4v) is 5.71. The lowest BCUT2D eigenvalue weighted by atomic mass is 10.2. The molecule has 0 N–H and O–H groups in total. The first kappa shape index (κ1) is 17.4. The molecule has 0 aromatic heterocycles. The van der Waals surface area contributed by atoms with Crippen molar-refractivity contribution in [2.24, 2.45) is 0 Å². The van der Waals surface area contributed by atoms with Crippen LogP contribution in [0.5, 0.6) is 0 Å². The third kappa shape index (κ3) is 5.02. The number of carbonyl (C=O) groups is 1. The average molecular weight is 327 g/mol. The minimum absolute atomic E-state index is 0.141. The summed E-state index contributed by atoms with van der Waals surface area (Å²) in [6, 6.07) is -0.930. The molecular formula is C11H21NO6S2. The molecule has 0 aliphatic carbocycles. The molecule has 1 heterocycles. The van der Waals surface area contributed by atoms with Crippen LogP contribution >= 0.6 is 0 Å². The Bertz CT molecular complexity index is 573. The van der Waals surface area contributed by atoms with Crippen LogP contribution in [0.3, 0.4) is 0 Å². The van der Waals surface area contributed by atoms with Crippen molar-refractivity contribution in [1.82, 2.24) is 4.31 Å². The SMILES string of the molecule is CC(C)(C)OC(=O)[C@@H]1CCCN1S(=O)(=O)CS(C)(=O)=O. The molecule has 0 spiro atoms. The van der Waals surface area contributed by atoms with Crippen molar-refractivity contribution >= 4 is 25.8 Å². The van der Waals surface area contributed by atoms with Crippen LogP contribution in [0.1, 0.15) is 33.6 Å². The van der Waals surface area contributed by atoms with Gasteiger partial charge >= 0.3 is 5.97 Å². The molecule has 20 heavy (non-hydrogen) atoms. The number of sulfonamides is 1. The highest BCUT2D eigenvalue weighted by Crippen LogP contribution is 2.24. The summed E-state index contributed by atoms with van der Waals surface area (Å²) in [6.45, 7) is 5.21. The van der Waals surface area contributed by atoms with E-state index in [-0.39, 0.29) is 6.54 Å². The lowest BCUT2D eigenvalue weighted by Gasteiger charge is -2.26. The minimum Gasteiger partial charge on any atom is -0.459 e. The van der Waals surface area contributed by atoms with E-state index in [2.05, 4.69) is 0 Å². The number of esters is 1. The third-order valence-electron chi connectivity index (χ3n) is 2.60. The van der Waals surface area contributed by atoms with Gasteiger partial charge in [0.25, 0.3) is 0 Å². The zero-order chi connectivity index (χ0) is 15.8. The molecule has 0 aromatic carbocycles. The Hall–Kier alpha value is -0.670. The highest BCUT2D eigenvalue weighted by molar-refractivity contribution is 8.06. The predicted octanol–water partition coefficient (Wildman–Crippen LogP) is 0.124. The molecule has 0 aromatic rings. The Morgan fingerprint density at radius 2 is 1.80 bits per heavy atom. The third-order valence-corrected chi connectivity index (χ3v) is 6.66. The van der Waals surface area contributed by atoms with Gasteiger partial charge in [-0.3, -0.25) is 4.79 Å². The van der Waals surface area contributed by atoms with Crippen LogP contribution in [0.15, 0.2) is 0 Å². The van der Waals surface area contributed by atoms with Gasteiger partial charge in [0.05, 0.1) is 0 Å². The first-order valence-electron chi connectivity index (χ1n) is 6.22. The molecule has 1 aliphatic rings. The zero-order valence-corrected chi connectivity index (χ0v) is 13.8. The van der Waals surface area contributed by atoms with Crippen LogP contribution in [0.4, 0.5) is 0 Å². The van der Waals surface area contributed by atoms with Gasteiger partial charge in [0, 0.05) is 12.8 Å². The summed E-state index contributed by atoms with van der Waals surface area (Å²) in [5, 5.41) is -0.987. The quantitative estimate of drug-likeness (QED) is 0.681. The number of ether oxygens (including phenoxy) is 1.